The van der Waals surface area contributed by atoms with Crippen LogP contribution in [0.5, 0.6) is 0 Å². The zero-order valence-electron chi connectivity index (χ0n) is 10.0. The maximum absolute atomic E-state index is 12.4. The molecule has 0 bridgehead atoms. The minimum atomic E-state index is -3.21. The van der Waals surface area contributed by atoms with Crippen LogP contribution < -0.4 is 0 Å². The third-order valence-corrected chi connectivity index (χ3v) is 7.69. The highest BCUT2D eigenvalue weighted by molar-refractivity contribution is 9.11. The molecule has 1 aromatic carbocycles. The van der Waals surface area contributed by atoms with Gasteiger partial charge in [0.1, 0.15) is 4.16 Å². The van der Waals surface area contributed by atoms with E-state index in [9.17, 15) is 8.42 Å². The number of sulfone groups is 1. The molecule has 3 rings (SSSR count). The zero-order valence-corrected chi connectivity index (χ0v) is 12.5. The highest BCUT2D eigenvalue weighted by Crippen LogP contribution is 2.45. The molecule has 3 nitrogen and oxygen atoms in total. The molecule has 0 aliphatic carbocycles. The molecule has 98 valence electrons. The van der Waals surface area contributed by atoms with Crippen LogP contribution >= 0.6 is 15.9 Å². The minimum Gasteiger partial charge on any atom is -0.294 e. The van der Waals surface area contributed by atoms with Crippen LogP contribution in [0.1, 0.15) is 30.9 Å². The Bertz CT molecular complexity index is 552. The molecule has 2 aliphatic rings. The van der Waals surface area contributed by atoms with Crippen molar-refractivity contribution >= 4 is 25.8 Å². The molecule has 2 atom stereocenters. The van der Waals surface area contributed by atoms with E-state index >= 15 is 0 Å². The first-order chi connectivity index (χ1) is 8.62. The fraction of sp³-hybridized carbons (Fsp3) is 0.538. The number of alkyl halides is 1. The number of fused-ring (bicyclic) bond motifs is 1. The number of hydrogen-bond donors (Lipinski definition) is 0. The Labute approximate surface area is 116 Å². The van der Waals surface area contributed by atoms with Gasteiger partial charge in [-0.25, -0.2) is 8.42 Å². The second-order valence-corrected chi connectivity index (χ2v) is 8.61. The van der Waals surface area contributed by atoms with E-state index in [1.807, 2.05) is 12.1 Å². The Morgan fingerprint density at radius 1 is 1.11 bits per heavy atom. The number of hydrogen-bond acceptors (Lipinski definition) is 3. The Morgan fingerprint density at radius 2 is 1.78 bits per heavy atom. The average molecular weight is 330 g/mol. The van der Waals surface area contributed by atoms with E-state index in [4.69, 9.17) is 0 Å². The van der Waals surface area contributed by atoms with Crippen molar-refractivity contribution in [2.75, 3.05) is 13.1 Å². The van der Waals surface area contributed by atoms with Crippen molar-refractivity contribution in [1.29, 1.82) is 0 Å². The lowest BCUT2D eigenvalue weighted by Crippen LogP contribution is -2.37. The molecule has 5 heteroatoms. The first-order valence-electron chi connectivity index (χ1n) is 6.33. The normalized spacial score (nSPS) is 31.2. The van der Waals surface area contributed by atoms with Gasteiger partial charge >= 0.3 is 0 Å². The molecule has 0 radical (unpaired) electrons. The van der Waals surface area contributed by atoms with E-state index in [0.29, 0.717) is 4.90 Å². The molecule has 1 aromatic rings. The smallest absolute Gasteiger partial charge is 0.193 e. The van der Waals surface area contributed by atoms with E-state index in [1.165, 1.54) is 19.3 Å². The Kier molecular flexibility index (Phi) is 3.24. The molecule has 0 amide bonds. The summed E-state index contributed by atoms with van der Waals surface area (Å²) in [5.41, 5.74) is 0.960. The fourth-order valence-corrected chi connectivity index (χ4v) is 5.88. The van der Waals surface area contributed by atoms with Gasteiger partial charge in [0.05, 0.1) is 10.9 Å². The summed E-state index contributed by atoms with van der Waals surface area (Å²) in [5, 5.41) is 0. The molecule has 2 aliphatic heterocycles. The number of likely N-dealkylation sites (tertiary alicyclic amines) is 1. The Morgan fingerprint density at radius 3 is 2.50 bits per heavy atom. The zero-order chi connectivity index (χ0) is 12.8. The molecule has 1 saturated heterocycles. The molecule has 0 saturated carbocycles. The van der Waals surface area contributed by atoms with Crippen molar-refractivity contribution in [3.63, 3.8) is 0 Å². The number of benzene rings is 1. The SMILES string of the molecule is O=S1(=O)c2ccccc2C(N2CCCCC2)C1Br. The van der Waals surface area contributed by atoms with Crippen LogP contribution in [0, 0.1) is 0 Å². The van der Waals surface area contributed by atoms with Crippen LogP contribution in [0.25, 0.3) is 0 Å². The quantitative estimate of drug-likeness (QED) is 0.743. The lowest BCUT2D eigenvalue weighted by atomic mass is 10.0. The topological polar surface area (TPSA) is 37.4 Å². The summed E-state index contributed by atoms with van der Waals surface area (Å²) in [5.74, 6) is 0. The first-order valence-corrected chi connectivity index (χ1v) is 8.79. The maximum Gasteiger partial charge on any atom is 0.193 e. The van der Waals surface area contributed by atoms with Gasteiger partial charge in [-0.15, -0.1) is 0 Å². The molecule has 2 heterocycles. The third-order valence-electron chi connectivity index (χ3n) is 3.87. The van der Waals surface area contributed by atoms with Crippen LogP contribution in [-0.4, -0.2) is 30.6 Å². The van der Waals surface area contributed by atoms with Crippen molar-refractivity contribution < 1.29 is 8.42 Å². The largest absolute Gasteiger partial charge is 0.294 e. The van der Waals surface area contributed by atoms with E-state index in [2.05, 4.69) is 20.8 Å². The first kappa shape index (κ1) is 12.6. The summed E-state index contributed by atoms with van der Waals surface area (Å²) in [7, 11) is -3.21. The van der Waals surface area contributed by atoms with Crippen LogP contribution in [0.3, 0.4) is 0 Å². The number of rotatable bonds is 1. The summed E-state index contributed by atoms with van der Waals surface area (Å²) in [6.45, 7) is 1.99. The predicted molar refractivity (Wildman–Crippen MR) is 74.5 cm³/mol. The van der Waals surface area contributed by atoms with Crippen molar-refractivity contribution in [3.05, 3.63) is 29.8 Å². The summed E-state index contributed by atoms with van der Waals surface area (Å²) in [4.78, 5) is 2.81. The number of nitrogens with zero attached hydrogens (tertiary/aromatic N) is 1. The average Bonchev–Trinajstić information content (AvgIpc) is 2.60. The van der Waals surface area contributed by atoms with Gasteiger partial charge in [-0.1, -0.05) is 40.5 Å². The molecule has 18 heavy (non-hydrogen) atoms. The predicted octanol–water partition coefficient (Wildman–Crippen LogP) is 2.72. The van der Waals surface area contributed by atoms with E-state index in [1.54, 1.807) is 12.1 Å². The third kappa shape index (κ3) is 1.84. The van der Waals surface area contributed by atoms with Crippen LogP contribution in [0.4, 0.5) is 0 Å². The second kappa shape index (κ2) is 4.62. The standard InChI is InChI=1S/C13H16BrNO2S/c14-13-12(15-8-4-1-5-9-15)10-6-2-3-7-11(10)18(13,16)17/h2-3,6-7,12-13H,1,4-5,8-9H2. The van der Waals surface area contributed by atoms with Crippen molar-refractivity contribution in [2.45, 2.75) is 34.4 Å². The molecule has 0 N–H and O–H groups in total. The molecule has 0 spiro atoms. The molecular formula is C13H16BrNO2S. The van der Waals surface area contributed by atoms with Crippen LogP contribution in [0.2, 0.25) is 0 Å². The molecule has 0 aromatic heterocycles. The molecule has 1 fully saturated rings. The fourth-order valence-electron chi connectivity index (χ4n) is 2.98. The van der Waals surface area contributed by atoms with Gasteiger partial charge in [-0.2, -0.15) is 0 Å². The van der Waals surface area contributed by atoms with E-state index < -0.39 is 14.0 Å². The molecule has 2 unspecified atom stereocenters. The highest BCUT2D eigenvalue weighted by Gasteiger charge is 2.46. The van der Waals surface area contributed by atoms with Crippen molar-refractivity contribution in [3.8, 4) is 0 Å². The van der Waals surface area contributed by atoms with E-state index in [-0.39, 0.29) is 6.04 Å². The summed E-state index contributed by atoms with van der Waals surface area (Å²) in [6.07, 6.45) is 3.58. The van der Waals surface area contributed by atoms with Crippen molar-refractivity contribution in [2.24, 2.45) is 0 Å². The molecular weight excluding hydrogens is 314 g/mol. The maximum atomic E-state index is 12.4. The highest BCUT2D eigenvalue weighted by atomic mass is 79.9. The van der Waals surface area contributed by atoms with Crippen LogP contribution in [0.15, 0.2) is 29.2 Å². The summed E-state index contributed by atoms with van der Waals surface area (Å²) in [6, 6.07) is 7.38. The van der Waals surface area contributed by atoms with E-state index in [0.717, 1.165) is 18.7 Å². The van der Waals surface area contributed by atoms with Gasteiger partial charge in [0.25, 0.3) is 0 Å². The minimum absolute atomic E-state index is 0.0218. The summed E-state index contributed by atoms with van der Waals surface area (Å²) < 4.78 is 24.2. The van der Waals surface area contributed by atoms with Gasteiger partial charge in [-0.3, -0.25) is 4.90 Å². The Hall–Kier alpha value is -0.390. The Balaban J connectivity index is 2.05. The summed E-state index contributed by atoms with van der Waals surface area (Å²) >= 11 is 3.41. The lowest BCUT2D eigenvalue weighted by Gasteiger charge is -2.33. The second-order valence-electron chi connectivity index (χ2n) is 4.98. The number of piperidine rings is 1. The van der Waals surface area contributed by atoms with Gasteiger partial charge in [-0.05, 0) is 37.6 Å². The van der Waals surface area contributed by atoms with Gasteiger partial charge in [0, 0.05) is 0 Å². The number of halogens is 1. The van der Waals surface area contributed by atoms with Gasteiger partial charge in [0.2, 0.25) is 0 Å². The van der Waals surface area contributed by atoms with Gasteiger partial charge < -0.3 is 0 Å². The van der Waals surface area contributed by atoms with Gasteiger partial charge in [0.15, 0.2) is 9.84 Å². The van der Waals surface area contributed by atoms with Crippen LogP contribution in [-0.2, 0) is 9.84 Å². The monoisotopic (exact) mass is 329 g/mol. The van der Waals surface area contributed by atoms with Crippen molar-refractivity contribution in [1.82, 2.24) is 4.90 Å². The lowest BCUT2D eigenvalue weighted by molar-refractivity contribution is 0.174.